The quantitative estimate of drug-likeness (QED) is 0.357. The molecule has 0 aliphatic carbocycles. The summed E-state index contributed by atoms with van der Waals surface area (Å²) in [5, 5.41) is 0. The van der Waals surface area contributed by atoms with Gasteiger partial charge in [-0.2, -0.15) is 0 Å². The molecule has 0 aromatic heterocycles. The first-order valence-electron chi connectivity index (χ1n) is 8.33. The van der Waals surface area contributed by atoms with E-state index >= 15 is 0 Å². The third-order valence-electron chi connectivity index (χ3n) is 4.50. The van der Waals surface area contributed by atoms with Gasteiger partial charge in [-0.15, -0.1) is 0 Å². The van der Waals surface area contributed by atoms with Crippen LogP contribution in [0.5, 0.6) is 0 Å². The summed E-state index contributed by atoms with van der Waals surface area (Å²) in [7, 11) is 12.9. The van der Waals surface area contributed by atoms with Gasteiger partial charge in [0.05, 0.1) is 13.2 Å². The molecule has 2 aliphatic heterocycles. The number of phosphoric ester groups is 1. The summed E-state index contributed by atoms with van der Waals surface area (Å²) in [5.74, 6) is 0. The van der Waals surface area contributed by atoms with Gasteiger partial charge in [0.25, 0.3) is 0 Å². The Kier molecular flexibility index (Phi) is 8.76. The van der Waals surface area contributed by atoms with Gasteiger partial charge in [-0.3, -0.25) is 9.05 Å². The molecule has 0 amide bonds. The molecule has 13 heteroatoms. The molecule has 2 aliphatic rings. The molecule has 2 rings (SSSR count). The fourth-order valence-electron chi connectivity index (χ4n) is 3.25. The maximum absolute atomic E-state index is 12.4. The first kappa shape index (κ1) is 23.3. The number of rotatable bonds is 10. The van der Waals surface area contributed by atoms with E-state index in [1.54, 1.807) is 0 Å². The van der Waals surface area contributed by atoms with Crippen LogP contribution >= 0.6 is 7.82 Å². The van der Waals surface area contributed by atoms with Gasteiger partial charge in [-0.25, -0.2) is 4.57 Å². The number of hydrogen-bond acceptors (Lipinski definition) is 9. The molecule has 4 radical (unpaired) electrons. The van der Waals surface area contributed by atoms with Crippen molar-refractivity contribution < 1.29 is 46.9 Å². The second-order valence-corrected chi connectivity index (χ2v) is 7.58. The van der Waals surface area contributed by atoms with Crippen LogP contribution in [0.1, 0.15) is 0 Å². The van der Waals surface area contributed by atoms with Crippen molar-refractivity contribution >= 4 is 23.5 Å². The van der Waals surface area contributed by atoms with Crippen LogP contribution in [0.2, 0.25) is 0 Å². The number of methoxy groups -OCH3 is 4. The third kappa shape index (κ3) is 5.54. The van der Waals surface area contributed by atoms with Crippen molar-refractivity contribution in [3.05, 3.63) is 0 Å². The van der Waals surface area contributed by atoms with E-state index in [-0.39, 0.29) is 13.2 Å². The van der Waals surface area contributed by atoms with E-state index in [4.69, 9.17) is 53.2 Å². The van der Waals surface area contributed by atoms with Gasteiger partial charge < -0.3 is 33.3 Å². The molecule has 0 saturated carbocycles. The van der Waals surface area contributed by atoms with Gasteiger partial charge >= 0.3 is 7.82 Å². The minimum Gasteiger partial charge on any atom is -0.382 e. The van der Waals surface area contributed by atoms with Crippen molar-refractivity contribution in [3.63, 3.8) is 0 Å². The van der Waals surface area contributed by atoms with Crippen molar-refractivity contribution in [3.8, 4) is 0 Å². The predicted molar refractivity (Wildman–Crippen MR) is 93.7 cm³/mol. The Morgan fingerprint density at radius 1 is 0.852 bits per heavy atom. The van der Waals surface area contributed by atoms with Crippen molar-refractivity contribution in [2.24, 2.45) is 0 Å². The Morgan fingerprint density at radius 3 is 1.81 bits per heavy atom. The Balaban J connectivity index is 1.98. The zero-order valence-electron chi connectivity index (χ0n) is 15.8. The number of hydrogen-bond donors (Lipinski definition) is 1. The zero-order valence-corrected chi connectivity index (χ0v) is 16.7. The molecule has 0 aromatic rings. The monoisotopic (exact) mass is 406 g/mol. The van der Waals surface area contributed by atoms with Crippen LogP contribution in [0.15, 0.2) is 0 Å². The maximum Gasteiger partial charge on any atom is 0.472 e. The lowest BCUT2D eigenvalue weighted by molar-refractivity contribution is -0.0509. The molecular weight excluding hydrogens is 381 g/mol. The fourth-order valence-corrected chi connectivity index (χ4v) is 4.20. The van der Waals surface area contributed by atoms with Crippen LogP contribution in [0.25, 0.3) is 0 Å². The molecule has 2 heterocycles. The average molecular weight is 406 g/mol. The maximum atomic E-state index is 12.4. The van der Waals surface area contributed by atoms with Gasteiger partial charge in [0.2, 0.25) is 0 Å². The van der Waals surface area contributed by atoms with Crippen LogP contribution in [0.4, 0.5) is 0 Å². The summed E-state index contributed by atoms with van der Waals surface area (Å²) in [6.45, 7) is -0.202. The molecule has 2 fully saturated rings. The molecule has 1 N–H and O–H groups in total. The second-order valence-electron chi connectivity index (χ2n) is 6.17. The number of ether oxygens (including phenoxy) is 6. The van der Waals surface area contributed by atoms with Crippen molar-refractivity contribution in [2.45, 2.75) is 48.6 Å². The van der Waals surface area contributed by atoms with Crippen LogP contribution in [0, 0.1) is 0 Å². The lowest BCUT2D eigenvalue weighted by atomic mass is 9.93. The largest absolute Gasteiger partial charge is 0.472 e. The Hall–Kier alpha value is -0.000130. The minimum atomic E-state index is -4.51. The molecule has 152 valence electrons. The summed E-state index contributed by atoms with van der Waals surface area (Å²) >= 11 is 0. The van der Waals surface area contributed by atoms with E-state index < -0.39 is 56.5 Å². The van der Waals surface area contributed by atoms with Crippen molar-refractivity contribution in [1.82, 2.24) is 0 Å². The summed E-state index contributed by atoms with van der Waals surface area (Å²) in [6, 6.07) is -1.59. The molecular formula is C14H25B2O10P. The third-order valence-corrected chi connectivity index (χ3v) is 5.48. The van der Waals surface area contributed by atoms with Gasteiger partial charge in [0, 0.05) is 40.4 Å². The Labute approximate surface area is 161 Å². The SMILES string of the molecule is [B][C@@H]1O[C@H](COP(=O)(O)OC2[C@@H](COC)O[C@@H]([B])[C@H]2OC)C(OC)[C@@H]1OC. The molecule has 0 spiro atoms. The average Bonchev–Trinajstić information content (AvgIpc) is 3.08. The molecule has 3 unspecified atom stereocenters. The van der Waals surface area contributed by atoms with E-state index in [0.29, 0.717) is 0 Å². The number of phosphoric acid groups is 1. The lowest BCUT2D eigenvalue weighted by Crippen LogP contribution is -2.39. The van der Waals surface area contributed by atoms with E-state index in [1.807, 2.05) is 0 Å². The predicted octanol–water partition coefficient (Wildman–Crippen LogP) is -1.03. The standard InChI is InChI=1S/C14H25B2O10P/c1-19-5-7-10(12(22-4)14(16)24-7)26-27(17,18)23-6-8-9(20-2)11(21-3)13(15)25-8/h7-14H,5-6H2,1-4H3,(H,17,18)/t7-,8-,9?,10?,11+,12+,13-,14-/m1/s1. The molecule has 9 atom stereocenters. The summed E-state index contributed by atoms with van der Waals surface area (Å²) in [4.78, 5) is 10.1. The van der Waals surface area contributed by atoms with Gasteiger partial charge in [0.15, 0.2) is 0 Å². The molecule has 2 saturated heterocycles. The Morgan fingerprint density at radius 2 is 1.33 bits per heavy atom. The van der Waals surface area contributed by atoms with Crippen LogP contribution in [-0.2, 0) is 42.0 Å². The van der Waals surface area contributed by atoms with E-state index in [1.165, 1.54) is 28.4 Å². The summed E-state index contributed by atoms with van der Waals surface area (Å²) in [5.41, 5.74) is 0. The van der Waals surface area contributed by atoms with Crippen LogP contribution in [-0.4, -0.2) is 111 Å². The van der Waals surface area contributed by atoms with Crippen LogP contribution in [0.3, 0.4) is 0 Å². The van der Waals surface area contributed by atoms with Gasteiger partial charge in [0.1, 0.15) is 52.3 Å². The molecule has 10 nitrogen and oxygen atoms in total. The van der Waals surface area contributed by atoms with Gasteiger partial charge in [-0.1, -0.05) is 0 Å². The van der Waals surface area contributed by atoms with Crippen molar-refractivity contribution in [1.29, 1.82) is 0 Å². The highest BCUT2D eigenvalue weighted by molar-refractivity contribution is 7.47. The highest BCUT2D eigenvalue weighted by atomic mass is 31.2. The van der Waals surface area contributed by atoms with Crippen LogP contribution < -0.4 is 0 Å². The minimum absolute atomic E-state index is 0.0973. The highest BCUT2D eigenvalue weighted by Crippen LogP contribution is 2.48. The lowest BCUT2D eigenvalue weighted by Gasteiger charge is -2.26. The summed E-state index contributed by atoms with van der Waals surface area (Å²) < 4.78 is 54.5. The summed E-state index contributed by atoms with van der Waals surface area (Å²) in [6.07, 6.45) is -4.24. The molecule has 27 heavy (non-hydrogen) atoms. The Bertz CT molecular complexity index is 514. The van der Waals surface area contributed by atoms with E-state index in [0.717, 1.165) is 0 Å². The molecule has 0 bridgehead atoms. The van der Waals surface area contributed by atoms with Gasteiger partial charge in [-0.05, 0) is 0 Å². The molecule has 0 aromatic carbocycles. The second kappa shape index (κ2) is 10.2. The topological polar surface area (TPSA) is 111 Å². The normalized spacial score (nSPS) is 41.7. The van der Waals surface area contributed by atoms with E-state index in [2.05, 4.69) is 0 Å². The first-order valence-corrected chi connectivity index (χ1v) is 9.82. The fraction of sp³-hybridized carbons (Fsp3) is 1.00. The van der Waals surface area contributed by atoms with Crippen molar-refractivity contribution in [2.75, 3.05) is 41.7 Å². The first-order chi connectivity index (χ1) is 12.8. The van der Waals surface area contributed by atoms with E-state index in [9.17, 15) is 9.46 Å². The smallest absolute Gasteiger partial charge is 0.382 e. The highest BCUT2D eigenvalue weighted by Gasteiger charge is 2.48. The zero-order chi connectivity index (χ0) is 20.2.